The van der Waals surface area contributed by atoms with Crippen LogP contribution in [-0.4, -0.2) is 21.6 Å². The van der Waals surface area contributed by atoms with E-state index in [9.17, 15) is 4.79 Å². The largest absolute Gasteiger partial charge is 0.325 e. The number of aromatic nitrogens is 2. The molecule has 1 saturated carbocycles. The van der Waals surface area contributed by atoms with Crippen LogP contribution in [0.4, 0.5) is 5.82 Å². The van der Waals surface area contributed by atoms with Crippen molar-refractivity contribution in [2.24, 2.45) is 5.73 Å². The lowest BCUT2D eigenvalue weighted by atomic mass is 9.94. The molecule has 0 atom stereocenters. The van der Waals surface area contributed by atoms with Crippen LogP contribution >= 0.6 is 0 Å². The average molecular weight is 236 g/mol. The van der Waals surface area contributed by atoms with Crippen LogP contribution in [0.3, 0.4) is 0 Å². The van der Waals surface area contributed by atoms with Gasteiger partial charge in [0.05, 0.1) is 0 Å². The molecule has 0 bridgehead atoms. The van der Waals surface area contributed by atoms with Crippen LogP contribution in [0.5, 0.6) is 0 Å². The Morgan fingerprint density at radius 3 is 2.65 bits per heavy atom. The second-order valence-electron chi connectivity index (χ2n) is 5.12. The molecule has 0 aliphatic heterocycles. The lowest BCUT2D eigenvalue weighted by molar-refractivity contribution is -0.117. The summed E-state index contributed by atoms with van der Waals surface area (Å²) in [6.07, 6.45) is 4.53. The van der Waals surface area contributed by atoms with Gasteiger partial charge >= 0.3 is 0 Å². The smallest absolute Gasteiger partial charge is 0.227 e. The third-order valence-corrected chi connectivity index (χ3v) is 3.62. The van der Waals surface area contributed by atoms with Crippen molar-refractivity contribution in [3.05, 3.63) is 11.3 Å². The van der Waals surface area contributed by atoms with Crippen LogP contribution in [0.25, 0.3) is 0 Å². The van der Waals surface area contributed by atoms with Gasteiger partial charge in [-0.25, -0.2) is 0 Å². The maximum absolute atomic E-state index is 11.9. The maximum atomic E-state index is 11.9. The molecule has 94 valence electrons. The highest BCUT2D eigenvalue weighted by Crippen LogP contribution is 2.30. The van der Waals surface area contributed by atoms with E-state index in [0.29, 0.717) is 12.2 Å². The Hall–Kier alpha value is -1.36. The average Bonchev–Trinajstić information content (AvgIpc) is 2.80. The molecular formula is C12H20N4O. The number of rotatable bonds is 3. The molecule has 0 saturated heterocycles. The molecule has 1 amide bonds. The molecule has 2 rings (SSSR count). The van der Waals surface area contributed by atoms with E-state index in [1.807, 2.05) is 13.8 Å². The first kappa shape index (κ1) is 12.1. The number of aryl methyl sites for hydroxylation is 1. The molecule has 0 aromatic carbocycles. The molecular weight excluding hydrogens is 216 g/mol. The van der Waals surface area contributed by atoms with Crippen molar-refractivity contribution in [3.63, 3.8) is 0 Å². The van der Waals surface area contributed by atoms with Crippen LogP contribution in [0.15, 0.2) is 0 Å². The Morgan fingerprint density at radius 2 is 2.12 bits per heavy atom. The fourth-order valence-electron chi connectivity index (χ4n) is 2.36. The number of nitrogens with two attached hydrogens (primary N) is 1. The van der Waals surface area contributed by atoms with E-state index < -0.39 is 0 Å². The van der Waals surface area contributed by atoms with Gasteiger partial charge in [0.2, 0.25) is 5.91 Å². The summed E-state index contributed by atoms with van der Waals surface area (Å²) >= 11 is 0. The van der Waals surface area contributed by atoms with Crippen molar-refractivity contribution in [2.45, 2.75) is 51.5 Å². The summed E-state index contributed by atoms with van der Waals surface area (Å²) in [6, 6.07) is 0. The van der Waals surface area contributed by atoms with Crippen LogP contribution in [0.2, 0.25) is 0 Å². The van der Waals surface area contributed by atoms with Gasteiger partial charge in [0.1, 0.15) is 0 Å². The zero-order valence-electron chi connectivity index (χ0n) is 10.5. The van der Waals surface area contributed by atoms with Gasteiger partial charge < -0.3 is 11.1 Å². The van der Waals surface area contributed by atoms with E-state index in [1.54, 1.807) is 0 Å². The number of carbonyl (C=O) groups is 1. The first-order chi connectivity index (χ1) is 8.00. The maximum Gasteiger partial charge on any atom is 0.227 e. The van der Waals surface area contributed by atoms with E-state index in [-0.39, 0.29) is 11.4 Å². The highest BCUT2D eigenvalue weighted by molar-refractivity contribution is 5.91. The minimum Gasteiger partial charge on any atom is -0.325 e. The standard InChI is InChI=1S/C12H20N4O/c1-8-9(2)15-16-11(8)14-10(17)7-12(13)5-3-4-6-12/h3-7,13H2,1-2H3,(H2,14,15,16,17). The normalized spacial score (nSPS) is 18.3. The van der Waals surface area contributed by atoms with E-state index in [1.165, 1.54) is 0 Å². The first-order valence-electron chi connectivity index (χ1n) is 6.10. The van der Waals surface area contributed by atoms with E-state index in [2.05, 4.69) is 15.5 Å². The number of aromatic amines is 1. The quantitative estimate of drug-likeness (QED) is 0.745. The molecule has 1 aromatic heterocycles. The number of hydrogen-bond donors (Lipinski definition) is 3. The van der Waals surface area contributed by atoms with Crippen LogP contribution in [0.1, 0.15) is 43.4 Å². The lowest BCUT2D eigenvalue weighted by Gasteiger charge is -2.22. The van der Waals surface area contributed by atoms with Crippen LogP contribution < -0.4 is 11.1 Å². The lowest BCUT2D eigenvalue weighted by Crippen LogP contribution is -2.40. The van der Waals surface area contributed by atoms with Crippen molar-refractivity contribution in [2.75, 3.05) is 5.32 Å². The van der Waals surface area contributed by atoms with Crippen molar-refractivity contribution >= 4 is 11.7 Å². The molecule has 0 radical (unpaired) electrons. The molecule has 1 heterocycles. The summed E-state index contributed by atoms with van der Waals surface area (Å²) in [5, 5.41) is 9.73. The van der Waals surface area contributed by atoms with Gasteiger partial charge in [0.15, 0.2) is 5.82 Å². The summed E-state index contributed by atoms with van der Waals surface area (Å²) in [7, 11) is 0. The predicted molar refractivity (Wildman–Crippen MR) is 66.7 cm³/mol. The summed E-state index contributed by atoms with van der Waals surface area (Å²) in [5.74, 6) is 0.582. The van der Waals surface area contributed by atoms with Gasteiger partial charge in [-0.1, -0.05) is 12.8 Å². The Labute approximate surface area is 101 Å². The summed E-state index contributed by atoms with van der Waals surface area (Å²) in [4.78, 5) is 11.9. The molecule has 4 N–H and O–H groups in total. The summed E-state index contributed by atoms with van der Waals surface area (Å²) in [5.41, 5.74) is 7.82. The number of hydrogen-bond acceptors (Lipinski definition) is 3. The van der Waals surface area contributed by atoms with Crippen LogP contribution in [0, 0.1) is 13.8 Å². The zero-order valence-corrected chi connectivity index (χ0v) is 10.5. The first-order valence-corrected chi connectivity index (χ1v) is 6.10. The van der Waals surface area contributed by atoms with Crippen molar-refractivity contribution in [1.29, 1.82) is 0 Å². The molecule has 17 heavy (non-hydrogen) atoms. The number of nitrogens with zero attached hydrogens (tertiary/aromatic N) is 1. The van der Waals surface area contributed by atoms with E-state index in [4.69, 9.17) is 5.73 Å². The highest BCUT2D eigenvalue weighted by Gasteiger charge is 2.31. The molecule has 1 aliphatic rings. The minimum absolute atomic E-state index is 0.0380. The summed E-state index contributed by atoms with van der Waals surface area (Å²) < 4.78 is 0. The Kier molecular flexibility index (Phi) is 3.19. The van der Waals surface area contributed by atoms with Crippen molar-refractivity contribution in [1.82, 2.24) is 10.2 Å². The number of anilines is 1. The van der Waals surface area contributed by atoms with Crippen LogP contribution in [-0.2, 0) is 4.79 Å². The predicted octanol–water partition coefficient (Wildman–Crippen LogP) is 1.63. The second kappa shape index (κ2) is 4.49. The van der Waals surface area contributed by atoms with Gasteiger partial charge in [0.25, 0.3) is 0 Å². The fourth-order valence-corrected chi connectivity index (χ4v) is 2.36. The molecule has 1 fully saturated rings. The minimum atomic E-state index is -0.302. The Morgan fingerprint density at radius 1 is 1.47 bits per heavy atom. The van der Waals surface area contributed by atoms with Gasteiger partial charge in [-0.2, -0.15) is 5.10 Å². The Balaban J connectivity index is 1.95. The molecule has 0 spiro atoms. The number of H-pyrrole nitrogens is 1. The van der Waals surface area contributed by atoms with E-state index >= 15 is 0 Å². The number of nitrogens with one attached hydrogen (secondary N) is 2. The third-order valence-electron chi connectivity index (χ3n) is 3.62. The molecule has 5 heteroatoms. The molecule has 5 nitrogen and oxygen atoms in total. The monoisotopic (exact) mass is 236 g/mol. The Bertz CT molecular complexity index is 418. The van der Waals surface area contributed by atoms with E-state index in [0.717, 1.165) is 36.9 Å². The molecule has 1 aromatic rings. The molecule has 1 aliphatic carbocycles. The summed E-state index contributed by atoms with van der Waals surface area (Å²) in [6.45, 7) is 3.86. The number of amides is 1. The zero-order chi connectivity index (χ0) is 12.5. The van der Waals surface area contributed by atoms with Gasteiger partial charge in [-0.3, -0.25) is 9.89 Å². The SMILES string of the molecule is Cc1[nH]nc(NC(=O)CC2(N)CCCC2)c1C. The molecule has 0 unspecified atom stereocenters. The van der Waals surface area contributed by atoms with Gasteiger partial charge in [-0.15, -0.1) is 0 Å². The second-order valence-corrected chi connectivity index (χ2v) is 5.12. The highest BCUT2D eigenvalue weighted by atomic mass is 16.1. The van der Waals surface area contributed by atoms with Crippen molar-refractivity contribution in [3.8, 4) is 0 Å². The van der Waals surface area contributed by atoms with Gasteiger partial charge in [0, 0.05) is 23.2 Å². The van der Waals surface area contributed by atoms with Crippen molar-refractivity contribution < 1.29 is 4.79 Å². The third kappa shape index (κ3) is 2.66. The fraction of sp³-hybridized carbons (Fsp3) is 0.667. The van der Waals surface area contributed by atoms with Gasteiger partial charge in [-0.05, 0) is 26.7 Å². The topological polar surface area (TPSA) is 83.8 Å². The number of carbonyl (C=O) groups excluding carboxylic acids is 1.